The summed E-state index contributed by atoms with van der Waals surface area (Å²) < 4.78 is 5.20. The van der Waals surface area contributed by atoms with Crippen LogP contribution in [0, 0.1) is 17.8 Å². The standard InChI is InChI=1S/C20H29NO2/c1-16(2)9-6-10-17-11-7-12-18(15-17)13-8-14-21-19(22)23-20(3,4)5/h7,11-12,15-16H,8-9,13-14H2,1-5H3,(H,21,22). The van der Waals surface area contributed by atoms with Gasteiger partial charge in [-0.1, -0.05) is 37.8 Å². The van der Waals surface area contributed by atoms with Gasteiger partial charge in [-0.05, 0) is 57.2 Å². The molecule has 126 valence electrons. The van der Waals surface area contributed by atoms with Crippen LogP contribution in [0.25, 0.3) is 0 Å². The summed E-state index contributed by atoms with van der Waals surface area (Å²) in [5, 5.41) is 2.78. The van der Waals surface area contributed by atoms with Gasteiger partial charge in [0.2, 0.25) is 0 Å². The van der Waals surface area contributed by atoms with Gasteiger partial charge in [-0.25, -0.2) is 4.79 Å². The maximum absolute atomic E-state index is 11.5. The molecule has 0 aromatic heterocycles. The fourth-order valence-electron chi connectivity index (χ4n) is 1.96. The molecule has 0 saturated carbocycles. The summed E-state index contributed by atoms with van der Waals surface area (Å²) in [6.07, 6.45) is 2.35. The van der Waals surface area contributed by atoms with Crippen LogP contribution in [-0.2, 0) is 11.2 Å². The molecular formula is C20H29NO2. The zero-order valence-electron chi connectivity index (χ0n) is 15.0. The summed E-state index contributed by atoms with van der Waals surface area (Å²) in [7, 11) is 0. The van der Waals surface area contributed by atoms with Crippen LogP contribution in [0.3, 0.4) is 0 Å². The number of aryl methyl sites for hydroxylation is 1. The summed E-state index contributed by atoms with van der Waals surface area (Å²) >= 11 is 0. The van der Waals surface area contributed by atoms with Gasteiger partial charge >= 0.3 is 6.09 Å². The average Bonchev–Trinajstić information content (AvgIpc) is 2.42. The van der Waals surface area contributed by atoms with E-state index in [0.29, 0.717) is 12.5 Å². The van der Waals surface area contributed by atoms with Gasteiger partial charge in [-0.3, -0.25) is 0 Å². The van der Waals surface area contributed by atoms with Gasteiger partial charge in [-0.15, -0.1) is 0 Å². The SMILES string of the molecule is CC(C)CC#Cc1cccc(CCCNC(=O)OC(C)(C)C)c1. The Morgan fingerprint density at radius 2 is 2.04 bits per heavy atom. The van der Waals surface area contributed by atoms with Gasteiger partial charge in [0, 0.05) is 18.5 Å². The van der Waals surface area contributed by atoms with E-state index in [9.17, 15) is 4.79 Å². The summed E-state index contributed by atoms with van der Waals surface area (Å²) in [6.45, 7) is 10.5. The Bertz CT molecular complexity index is 559. The number of alkyl carbamates (subject to hydrolysis) is 1. The molecule has 0 unspecified atom stereocenters. The number of nitrogens with one attached hydrogen (secondary N) is 1. The van der Waals surface area contributed by atoms with Crippen LogP contribution in [0.1, 0.15) is 58.6 Å². The fraction of sp³-hybridized carbons (Fsp3) is 0.550. The molecule has 0 aliphatic rings. The van der Waals surface area contributed by atoms with E-state index < -0.39 is 5.60 Å². The van der Waals surface area contributed by atoms with Crippen LogP contribution in [0.15, 0.2) is 24.3 Å². The minimum Gasteiger partial charge on any atom is -0.444 e. The Kier molecular flexibility index (Phi) is 7.68. The van der Waals surface area contributed by atoms with Crippen LogP contribution < -0.4 is 5.32 Å². The lowest BCUT2D eigenvalue weighted by Gasteiger charge is -2.19. The highest BCUT2D eigenvalue weighted by Gasteiger charge is 2.15. The average molecular weight is 315 g/mol. The summed E-state index contributed by atoms with van der Waals surface area (Å²) in [5.74, 6) is 7.02. The fourth-order valence-corrected chi connectivity index (χ4v) is 1.96. The van der Waals surface area contributed by atoms with Crippen molar-refractivity contribution in [3.8, 4) is 11.8 Å². The molecule has 1 N–H and O–H groups in total. The molecular weight excluding hydrogens is 286 g/mol. The molecule has 1 rings (SSSR count). The Morgan fingerprint density at radius 3 is 2.70 bits per heavy atom. The molecule has 0 saturated heterocycles. The summed E-state index contributed by atoms with van der Waals surface area (Å²) in [4.78, 5) is 11.5. The molecule has 0 spiro atoms. The van der Waals surface area contributed by atoms with Gasteiger partial charge in [0.25, 0.3) is 0 Å². The Balaban J connectivity index is 2.38. The van der Waals surface area contributed by atoms with Gasteiger partial charge in [0.15, 0.2) is 0 Å². The number of amides is 1. The number of carbonyl (C=O) groups is 1. The third kappa shape index (κ3) is 9.63. The molecule has 3 nitrogen and oxygen atoms in total. The molecule has 0 heterocycles. The Hall–Kier alpha value is -1.95. The van der Waals surface area contributed by atoms with Crippen LogP contribution >= 0.6 is 0 Å². The predicted molar refractivity (Wildman–Crippen MR) is 95.3 cm³/mol. The molecule has 0 aliphatic heterocycles. The molecule has 0 atom stereocenters. The second-order valence-electron chi connectivity index (χ2n) is 7.13. The van der Waals surface area contributed by atoms with Crippen molar-refractivity contribution in [3.05, 3.63) is 35.4 Å². The van der Waals surface area contributed by atoms with E-state index in [4.69, 9.17) is 4.74 Å². The zero-order valence-corrected chi connectivity index (χ0v) is 15.0. The van der Waals surface area contributed by atoms with Crippen LogP contribution in [0.4, 0.5) is 4.79 Å². The van der Waals surface area contributed by atoms with E-state index in [0.717, 1.165) is 24.8 Å². The lowest BCUT2D eigenvalue weighted by Crippen LogP contribution is -2.33. The number of ether oxygens (including phenoxy) is 1. The number of hydrogen-bond donors (Lipinski definition) is 1. The number of hydrogen-bond acceptors (Lipinski definition) is 2. The molecule has 0 bridgehead atoms. The summed E-state index contributed by atoms with van der Waals surface area (Å²) in [6, 6.07) is 8.30. The molecule has 1 aromatic carbocycles. The third-order valence-corrected chi connectivity index (χ3v) is 2.98. The first-order valence-corrected chi connectivity index (χ1v) is 8.31. The maximum Gasteiger partial charge on any atom is 0.407 e. The number of carbonyl (C=O) groups excluding carboxylic acids is 1. The molecule has 3 heteroatoms. The molecule has 0 radical (unpaired) electrons. The normalized spacial score (nSPS) is 10.9. The quantitative estimate of drug-likeness (QED) is 0.640. The smallest absolute Gasteiger partial charge is 0.407 e. The van der Waals surface area contributed by atoms with Crippen molar-refractivity contribution >= 4 is 6.09 Å². The van der Waals surface area contributed by atoms with Crippen molar-refractivity contribution in [3.63, 3.8) is 0 Å². The number of rotatable bonds is 5. The molecule has 1 aromatic rings. The third-order valence-electron chi connectivity index (χ3n) is 2.98. The number of benzene rings is 1. The van der Waals surface area contributed by atoms with E-state index in [1.54, 1.807) is 0 Å². The minimum atomic E-state index is -0.451. The highest BCUT2D eigenvalue weighted by molar-refractivity contribution is 5.67. The van der Waals surface area contributed by atoms with E-state index in [-0.39, 0.29) is 6.09 Å². The lowest BCUT2D eigenvalue weighted by atomic mass is 10.1. The van der Waals surface area contributed by atoms with E-state index in [1.807, 2.05) is 32.9 Å². The molecule has 1 amide bonds. The largest absolute Gasteiger partial charge is 0.444 e. The first kappa shape index (κ1) is 19.1. The predicted octanol–water partition coefficient (Wildman–Crippen LogP) is 4.54. The van der Waals surface area contributed by atoms with Crippen molar-refractivity contribution in [1.82, 2.24) is 5.32 Å². The maximum atomic E-state index is 11.5. The van der Waals surface area contributed by atoms with Crippen molar-refractivity contribution < 1.29 is 9.53 Å². The van der Waals surface area contributed by atoms with Gasteiger partial charge in [0.05, 0.1) is 0 Å². The van der Waals surface area contributed by atoms with Crippen molar-refractivity contribution in [1.29, 1.82) is 0 Å². The highest BCUT2D eigenvalue weighted by atomic mass is 16.6. The van der Waals surface area contributed by atoms with Crippen LogP contribution in [0.5, 0.6) is 0 Å². The van der Waals surface area contributed by atoms with E-state index in [2.05, 4.69) is 43.1 Å². The van der Waals surface area contributed by atoms with Crippen LogP contribution in [0.2, 0.25) is 0 Å². The second-order valence-corrected chi connectivity index (χ2v) is 7.13. The Labute approximate surface area is 140 Å². The first-order chi connectivity index (χ1) is 10.8. The zero-order chi connectivity index (χ0) is 17.3. The second kappa shape index (κ2) is 9.25. The van der Waals surface area contributed by atoms with E-state index >= 15 is 0 Å². The van der Waals surface area contributed by atoms with E-state index in [1.165, 1.54) is 5.56 Å². The van der Waals surface area contributed by atoms with Gasteiger partial charge in [-0.2, -0.15) is 0 Å². The first-order valence-electron chi connectivity index (χ1n) is 8.31. The molecule has 23 heavy (non-hydrogen) atoms. The van der Waals surface area contributed by atoms with Gasteiger partial charge < -0.3 is 10.1 Å². The van der Waals surface area contributed by atoms with Gasteiger partial charge in [0.1, 0.15) is 5.60 Å². The minimum absolute atomic E-state index is 0.356. The topological polar surface area (TPSA) is 38.3 Å². The Morgan fingerprint density at radius 1 is 1.30 bits per heavy atom. The molecule has 0 fully saturated rings. The lowest BCUT2D eigenvalue weighted by molar-refractivity contribution is 0.0527. The summed E-state index contributed by atoms with van der Waals surface area (Å²) in [5.41, 5.74) is 1.85. The van der Waals surface area contributed by atoms with Crippen molar-refractivity contribution in [2.45, 2.75) is 59.5 Å². The van der Waals surface area contributed by atoms with Crippen LogP contribution in [-0.4, -0.2) is 18.2 Å². The molecule has 0 aliphatic carbocycles. The monoisotopic (exact) mass is 315 g/mol. The van der Waals surface area contributed by atoms with Crippen molar-refractivity contribution in [2.24, 2.45) is 5.92 Å². The highest BCUT2D eigenvalue weighted by Crippen LogP contribution is 2.08. The van der Waals surface area contributed by atoms with Crippen molar-refractivity contribution in [2.75, 3.05) is 6.54 Å².